The molecule has 32 heavy (non-hydrogen) atoms. The van der Waals surface area contributed by atoms with E-state index in [-0.39, 0.29) is 12.0 Å². The fourth-order valence-electron chi connectivity index (χ4n) is 6.08. The van der Waals surface area contributed by atoms with E-state index in [0.29, 0.717) is 12.5 Å². The molecule has 1 aliphatic carbocycles. The third-order valence-electron chi connectivity index (χ3n) is 8.03. The van der Waals surface area contributed by atoms with Crippen LogP contribution in [0.25, 0.3) is 0 Å². The van der Waals surface area contributed by atoms with E-state index >= 15 is 0 Å². The normalized spacial score (nSPS) is 29.5. The van der Waals surface area contributed by atoms with E-state index in [9.17, 15) is 9.90 Å². The quantitative estimate of drug-likeness (QED) is 0.474. The summed E-state index contributed by atoms with van der Waals surface area (Å²) in [6.07, 6.45) is 5.93. The molecule has 0 spiro atoms. The number of fused-ring (bicyclic) bond motifs is 3. The molecular formula is C26H34NO4S+. The SMILES string of the molecule is O=C(OC1C[N+]2(CCOc3ccccc3)CCC1CC2)[C@](O)(c1cccs1)C1CCCC1. The van der Waals surface area contributed by atoms with Crippen molar-refractivity contribution in [2.24, 2.45) is 11.8 Å². The number of esters is 1. The Labute approximate surface area is 194 Å². The van der Waals surface area contributed by atoms with Gasteiger partial charge < -0.3 is 19.1 Å². The monoisotopic (exact) mass is 456 g/mol. The Morgan fingerprint density at radius 3 is 2.50 bits per heavy atom. The average molecular weight is 457 g/mol. The second kappa shape index (κ2) is 9.16. The number of aliphatic hydroxyl groups is 1. The minimum atomic E-state index is -1.50. The van der Waals surface area contributed by atoms with Crippen LogP contribution in [-0.2, 0) is 15.1 Å². The topological polar surface area (TPSA) is 55.8 Å². The number of nitrogens with zero attached hydrogens (tertiary/aromatic N) is 1. The van der Waals surface area contributed by atoms with E-state index < -0.39 is 11.6 Å². The number of benzene rings is 1. The summed E-state index contributed by atoms with van der Waals surface area (Å²) in [5, 5.41) is 13.6. The van der Waals surface area contributed by atoms with Gasteiger partial charge in [0.1, 0.15) is 25.4 Å². The van der Waals surface area contributed by atoms with Crippen molar-refractivity contribution in [1.82, 2.24) is 0 Å². The minimum Gasteiger partial charge on any atom is -0.488 e. The molecule has 2 bridgehead atoms. The highest BCUT2D eigenvalue weighted by molar-refractivity contribution is 7.10. The number of piperidine rings is 3. The van der Waals surface area contributed by atoms with Crippen LogP contribution in [0.4, 0.5) is 0 Å². The van der Waals surface area contributed by atoms with Crippen LogP contribution in [0.3, 0.4) is 0 Å². The number of rotatable bonds is 8. The molecule has 2 atom stereocenters. The Morgan fingerprint density at radius 2 is 1.81 bits per heavy atom. The first-order valence-corrected chi connectivity index (χ1v) is 13.0. The number of para-hydroxylation sites is 1. The lowest BCUT2D eigenvalue weighted by Gasteiger charge is -2.52. The highest BCUT2D eigenvalue weighted by Gasteiger charge is 2.53. The van der Waals surface area contributed by atoms with Gasteiger partial charge in [-0.1, -0.05) is 37.1 Å². The predicted molar refractivity (Wildman–Crippen MR) is 124 cm³/mol. The van der Waals surface area contributed by atoms with Gasteiger partial charge in [-0.05, 0) is 36.4 Å². The third kappa shape index (κ3) is 4.20. The molecule has 0 amide bonds. The van der Waals surface area contributed by atoms with Gasteiger partial charge in [0.25, 0.3) is 0 Å². The van der Waals surface area contributed by atoms with Gasteiger partial charge in [-0.3, -0.25) is 0 Å². The Morgan fingerprint density at radius 1 is 1.06 bits per heavy atom. The summed E-state index contributed by atoms with van der Waals surface area (Å²) in [6.45, 7) is 4.66. The van der Waals surface area contributed by atoms with Gasteiger partial charge in [-0.25, -0.2) is 4.79 Å². The summed E-state index contributed by atoms with van der Waals surface area (Å²) in [5.41, 5.74) is -1.50. The van der Waals surface area contributed by atoms with Gasteiger partial charge in [0.05, 0.1) is 13.1 Å². The maximum absolute atomic E-state index is 13.5. The number of carbonyl (C=O) groups excluding carboxylic acids is 1. The molecule has 3 saturated heterocycles. The molecule has 4 fully saturated rings. The summed E-state index contributed by atoms with van der Waals surface area (Å²) in [7, 11) is 0. The van der Waals surface area contributed by atoms with Crippen molar-refractivity contribution in [3.05, 3.63) is 52.7 Å². The molecule has 1 saturated carbocycles. The third-order valence-corrected chi connectivity index (χ3v) is 9.03. The molecular weight excluding hydrogens is 422 g/mol. The van der Waals surface area contributed by atoms with Gasteiger partial charge >= 0.3 is 5.97 Å². The summed E-state index contributed by atoms with van der Waals surface area (Å²) < 4.78 is 13.1. The molecule has 1 unspecified atom stereocenters. The molecule has 4 aliphatic rings. The zero-order valence-corrected chi connectivity index (χ0v) is 19.5. The highest BCUT2D eigenvalue weighted by atomic mass is 32.1. The smallest absolute Gasteiger partial charge is 0.344 e. The maximum atomic E-state index is 13.5. The van der Waals surface area contributed by atoms with Crippen LogP contribution in [0.15, 0.2) is 47.8 Å². The molecule has 1 aromatic carbocycles. The molecule has 6 heteroatoms. The van der Waals surface area contributed by atoms with Crippen LogP contribution in [0.2, 0.25) is 0 Å². The summed E-state index contributed by atoms with van der Waals surface area (Å²) in [5.74, 6) is 0.838. The van der Waals surface area contributed by atoms with Crippen molar-refractivity contribution in [2.75, 3.05) is 32.8 Å². The highest BCUT2D eigenvalue weighted by Crippen LogP contribution is 2.44. The van der Waals surface area contributed by atoms with Crippen LogP contribution in [0, 0.1) is 11.8 Å². The van der Waals surface area contributed by atoms with E-state index in [1.165, 1.54) is 11.3 Å². The first-order valence-electron chi connectivity index (χ1n) is 12.1. The Bertz CT molecular complexity index is 888. The molecule has 172 valence electrons. The predicted octanol–water partition coefficient (Wildman–Crippen LogP) is 4.36. The lowest BCUT2D eigenvalue weighted by Crippen LogP contribution is -2.65. The lowest BCUT2D eigenvalue weighted by molar-refractivity contribution is -0.946. The van der Waals surface area contributed by atoms with Gasteiger partial charge in [-0.15, -0.1) is 11.3 Å². The fraction of sp³-hybridized carbons (Fsp3) is 0.577. The van der Waals surface area contributed by atoms with E-state index in [2.05, 4.69) is 0 Å². The molecule has 5 nitrogen and oxygen atoms in total. The van der Waals surface area contributed by atoms with Crippen LogP contribution in [0.5, 0.6) is 5.75 Å². The van der Waals surface area contributed by atoms with Gasteiger partial charge in [0.2, 0.25) is 0 Å². The standard InChI is InChI=1S/C26H34NO4S/c28-25(26(29,21-7-4-5-8-21)24-11-6-18-32-24)31-23-19-27(14-12-20(23)13-15-27)16-17-30-22-9-2-1-3-10-22/h1-3,6,9-11,18,20-21,23,29H,4-5,7-8,12-17,19H2/q+1/t20?,23?,26-,27?/m1/s1. The van der Waals surface area contributed by atoms with E-state index in [0.717, 1.165) is 79.8 Å². The van der Waals surface area contributed by atoms with Gasteiger partial charge in [0.15, 0.2) is 11.7 Å². The second-order valence-corrected chi connectivity index (χ2v) is 10.8. The zero-order valence-electron chi connectivity index (χ0n) is 18.7. The van der Waals surface area contributed by atoms with Crippen molar-refractivity contribution in [2.45, 2.75) is 50.2 Å². The number of thiophene rings is 1. The van der Waals surface area contributed by atoms with Crippen LogP contribution in [0.1, 0.15) is 43.4 Å². The van der Waals surface area contributed by atoms with Crippen molar-refractivity contribution >= 4 is 17.3 Å². The van der Waals surface area contributed by atoms with Crippen molar-refractivity contribution < 1.29 is 23.9 Å². The number of hydrogen-bond acceptors (Lipinski definition) is 5. The second-order valence-electron chi connectivity index (χ2n) is 9.86. The molecule has 4 heterocycles. The molecule has 0 radical (unpaired) electrons. The average Bonchev–Trinajstić information content (AvgIpc) is 3.55. The van der Waals surface area contributed by atoms with E-state index in [1.807, 2.05) is 47.8 Å². The Hall–Kier alpha value is -1.89. The van der Waals surface area contributed by atoms with Crippen molar-refractivity contribution in [3.63, 3.8) is 0 Å². The van der Waals surface area contributed by atoms with Crippen LogP contribution < -0.4 is 4.74 Å². The zero-order chi connectivity index (χ0) is 22.0. The Kier molecular flexibility index (Phi) is 6.28. The molecule has 6 rings (SSSR count). The number of hydrogen-bond donors (Lipinski definition) is 1. The summed E-state index contributed by atoms with van der Waals surface area (Å²) in [4.78, 5) is 14.2. The van der Waals surface area contributed by atoms with Gasteiger partial charge in [0, 0.05) is 29.6 Å². The molecule has 1 aromatic heterocycles. The maximum Gasteiger partial charge on any atom is 0.344 e. The van der Waals surface area contributed by atoms with Crippen LogP contribution >= 0.6 is 11.3 Å². The number of quaternary nitrogens is 1. The van der Waals surface area contributed by atoms with Crippen LogP contribution in [-0.4, -0.2) is 54.4 Å². The van der Waals surface area contributed by atoms with Crippen molar-refractivity contribution in [1.29, 1.82) is 0 Å². The first kappa shape index (κ1) is 21.9. The number of ether oxygens (including phenoxy) is 2. The molecule has 3 aliphatic heterocycles. The summed E-state index contributed by atoms with van der Waals surface area (Å²) >= 11 is 1.46. The Balaban J connectivity index is 1.26. The minimum absolute atomic E-state index is 0.0443. The first-order chi connectivity index (χ1) is 15.6. The largest absolute Gasteiger partial charge is 0.488 e. The summed E-state index contributed by atoms with van der Waals surface area (Å²) in [6, 6.07) is 13.7. The van der Waals surface area contributed by atoms with Crippen molar-refractivity contribution in [3.8, 4) is 5.75 Å². The van der Waals surface area contributed by atoms with E-state index in [4.69, 9.17) is 9.47 Å². The van der Waals surface area contributed by atoms with E-state index in [1.54, 1.807) is 0 Å². The molecule has 2 aromatic rings. The van der Waals surface area contributed by atoms with Gasteiger partial charge in [-0.2, -0.15) is 0 Å². The number of carbonyl (C=O) groups is 1. The molecule has 1 N–H and O–H groups in total. The fourth-order valence-corrected chi connectivity index (χ4v) is 6.97. The lowest BCUT2D eigenvalue weighted by atomic mass is 9.82.